The van der Waals surface area contributed by atoms with Crippen molar-refractivity contribution in [3.63, 3.8) is 0 Å². The third-order valence-electron chi connectivity index (χ3n) is 12.9. The third kappa shape index (κ3) is 6.52. The fraction of sp³-hybridized carbons (Fsp3) is 0.757. The molecule has 240 valence electrons. The van der Waals surface area contributed by atoms with Gasteiger partial charge < -0.3 is 16.2 Å². The molecule has 6 nitrogen and oxygen atoms in total. The summed E-state index contributed by atoms with van der Waals surface area (Å²) in [4.78, 5) is 17.6. The number of carbonyl (C=O) groups excluding carboxylic acids is 1. The second kappa shape index (κ2) is 13.1. The summed E-state index contributed by atoms with van der Waals surface area (Å²) in [5, 5.41) is 9.88. The number of ether oxygens (including phenoxy) is 1. The van der Waals surface area contributed by atoms with Crippen LogP contribution >= 0.6 is 0 Å². The number of hydrogen-bond acceptors (Lipinski definition) is 6. The summed E-state index contributed by atoms with van der Waals surface area (Å²) in [6.07, 6.45) is 16.8. The van der Waals surface area contributed by atoms with Gasteiger partial charge in [-0.2, -0.15) is 0 Å². The van der Waals surface area contributed by atoms with Crippen LogP contribution in [0.4, 0.5) is 11.4 Å². The number of nitrogens with two attached hydrogens (primary N) is 2. The van der Waals surface area contributed by atoms with Crippen molar-refractivity contribution < 1.29 is 19.7 Å². The molecule has 0 aromatic heterocycles. The van der Waals surface area contributed by atoms with E-state index in [0.29, 0.717) is 29.0 Å². The average molecular weight is 595 g/mol. The largest absolute Gasteiger partial charge is 0.424 e. The Kier molecular flexibility index (Phi) is 9.87. The van der Waals surface area contributed by atoms with Crippen LogP contribution in [-0.2, 0) is 9.68 Å². The Labute approximate surface area is 260 Å². The highest BCUT2D eigenvalue weighted by atomic mass is 17.1. The Hall–Kier alpha value is -2.05. The minimum atomic E-state index is -0.387. The molecule has 0 heterocycles. The van der Waals surface area contributed by atoms with Gasteiger partial charge >= 0.3 is 5.97 Å². The van der Waals surface area contributed by atoms with Crippen LogP contribution in [-0.4, -0.2) is 17.3 Å². The first-order valence-corrected chi connectivity index (χ1v) is 17.3. The molecule has 0 aliphatic heterocycles. The summed E-state index contributed by atoms with van der Waals surface area (Å²) in [7, 11) is 0. The topological polar surface area (TPSA) is 108 Å². The van der Waals surface area contributed by atoms with Gasteiger partial charge in [0.2, 0.25) is 0 Å². The Morgan fingerprint density at radius 1 is 1.02 bits per heavy atom. The molecule has 9 atom stereocenters. The van der Waals surface area contributed by atoms with Crippen molar-refractivity contribution in [3.05, 3.63) is 29.8 Å². The van der Waals surface area contributed by atoms with Crippen LogP contribution < -0.4 is 16.2 Å². The summed E-state index contributed by atoms with van der Waals surface area (Å²) >= 11 is 0. The Balaban J connectivity index is 1.19. The van der Waals surface area contributed by atoms with E-state index in [1.807, 2.05) is 0 Å². The van der Waals surface area contributed by atoms with E-state index in [0.717, 1.165) is 54.8 Å². The molecular formula is C37H58N2O4. The highest BCUT2D eigenvalue weighted by Crippen LogP contribution is 2.67. The zero-order valence-electron chi connectivity index (χ0n) is 27.4. The van der Waals surface area contributed by atoms with Gasteiger partial charge in [0, 0.05) is 12.1 Å². The van der Waals surface area contributed by atoms with Gasteiger partial charge in [-0.25, -0.2) is 4.89 Å². The zero-order chi connectivity index (χ0) is 30.9. The molecule has 4 aliphatic rings. The molecule has 43 heavy (non-hydrogen) atoms. The van der Waals surface area contributed by atoms with Crippen LogP contribution in [0.3, 0.4) is 0 Å². The first-order chi connectivity index (χ1) is 20.5. The van der Waals surface area contributed by atoms with Crippen LogP contribution in [0, 0.1) is 52.3 Å². The number of allylic oxidation sites excluding steroid dienone is 2. The van der Waals surface area contributed by atoms with Crippen molar-refractivity contribution in [1.29, 1.82) is 0 Å². The molecule has 1 aromatic carbocycles. The Morgan fingerprint density at radius 3 is 2.53 bits per heavy atom. The van der Waals surface area contributed by atoms with Gasteiger partial charge in [0.05, 0.1) is 11.8 Å². The summed E-state index contributed by atoms with van der Waals surface area (Å²) in [6.45, 7) is 12.5. The second-order valence-electron chi connectivity index (χ2n) is 15.7. The molecule has 4 aliphatic carbocycles. The minimum absolute atomic E-state index is 0.157. The molecule has 3 saturated carbocycles. The summed E-state index contributed by atoms with van der Waals surface area (Å²) in [5.74, 6) is 5.07. The van der Waals surface area contributed by atoms with E-state index in [1.165, 1.54) is 51.4 Å². The number of esters is 1. The first kappa shape index (κ1) is 32.3. The molecule has 1 aromatic rings. The number of anilines is 2. The van der Waals surface area contributed by atoms with Crippen molar-refractivity contribution >= 4 is 17.3 Å². The molecule has 9 unspecified atom stereocenters. The molecule has 5 rings (SSSR count). The maximum atomic E-state index is 12.6. The SMILES string of the molecule is CC(C)CCCC(C)C1CCC2C3CC=C4CC(C(CCC(=O)Oc5ccc(N)cc5N)OO)CCC4(C)C3CCC12C. The zero-order valence-corrected chi connectivity index (χ0v) is 27.4. The lowest BCUT2D eigenvalue weighted by molar-refractivity contribution is -0.293. The molecule has 5 N–H and O–H groups in total. The Morgan fingerprint density at radius 2 is 1.81 bits per heavy atom. The fourth-order valence-corrected chi connectivity index (χ4v) is 10.5. The third-order valence-corrected chi connectivity index (χ3v) is 12.9. The van der Waals surface area contributed by atoms with E-state index in [4.69, 9.17) is 21.1 Å². The van der Waals surface area contributed by atoms with Crippen molar-refractivity contribution in [2.45, 2.75) is 124 Å². The lowest BCUT2D eigenvalue weighted by atomic mass is 9.46. The van der Waals surface area contributed by atoms with Crippen LogP contribution in [0.5, 0.6) is 5.75 Å². The molecule has 6 heteroatoms. The number of nitrogen functional groups attached to an aromatic ring is 2. The lowest BCUT2D eigenvalue weighted by Crippen LogP contribution is -2.51. The van der Waals surface area contributed by atoms with Crippen molar-refractivity contribution in [3.8, 4) is 5.75 Å². The number of hydrogen-bond donors (Lipinski definition) is 3. The molecular weight excluding hydrogens is 536 g/mol. The maximum Gasteiger partial charge on any atom is 0.311 e. The van der Waals surface area contributed by atoms with Crippen molar-refractivity contribution in [2.24, 2.45) is 52.3 Å². The fourth-order valence-electron chi connectivity index (χ4n) is 10.5. The molecule has 0 spiro atoms. The standard InChI is InChI=1S/C37H58N2O4/c1-23(2)7-6-8-24(3)29-12-13-30-28-11-9-26-21-25(17-19-36(26,4)31(28)18-20-37(29,30)5)33(43-41)15-16-35(40)42-34-14-10-27(38)22-32(34)39/h9-10,14,22-25,28-31,33,41H,6-8,11-13,15-21,38-39H2,1-5H3. The predicted octanol–water partition coefficient (Wildman–Crippen LogP) is 9.05. The quantitative estimate of drug-likeness (QED) is 0.0589. The molecule has 0 amide bonds. The van der Waals surface area contributed by atoms with E-state index in [2.05, 4.69) is 40.7 Å². The highest BCUT2D eigenvalue weighted by Gasteiger charge is 2.59. The summed E-state index contributed by atoms with van der Waals surface area (Å²) in [6, 6.07) is 4.85. The average Bonchev–Trinajstić information content (AvgIpc) is 3.32. The van der Waals surface area contributed by atoms with Gasteiger partial charge in [0.1, 0.15) is 0 Å². The van der Waals surface area contributed by atoms with Crippen LogP contribution in [0.15, 0.2) is 29.8 Å². The second-order valence-corrected chi connectivity index (χ2v) is 15.7. The van der Waals surface area contributed by atoms with Crippen molar-refractivity contribution in [1.82, 2.24) is 0 Å². The van der Waals surface area contributed by atoms with Gasteiger partial charge in [0.15, 0.2) is 5.75 Å². The lowest BCUT2D eigenvalue weighted by Gasteiger charge is -2.59. The number of benzene rings is 1. The first-order valence-electron chi connectivity index (χ1n) is 17.3. The van der Waals surface area contributed by atoms with Gasteiger partial charge in [0.25, 0.3) is 0 Å². The smallest absolute Gasteiger partial charge is 0.311 e. The van der Waals surface area contributed by atoms with Gasteiger partial charge in [-0.15, -0.1) is 0 Å². The van der Waals surface area contributed by atoms with Crippen LogP contribution in [0.1, 0.15) is 118 Å². The maximum absolute atomic E-state index is 12.6. The number of fused-ring (bicyclic) bond motifs is 5. The molecule has 0 radical (unpaired) electrons. The van der Waals surface area contributed by atoms with Gasteiger partial charge in [-0.3, -0.25) is 10.1 Å². The monoisotopic (exact) mass is 594 g/mol. The highest BCUT2D eigenvalue weighted by molar-refractivity contribution is 5.75. The van der Waals surface area contributed by atoms with Crippen LogP contribution in [0.25, 0.3) is 0 Å². The van der Waals surface area contributed by atoms with E-state index in [1.54, 1.807) is 23.8 Å². The van der Waals surface area contributed by atoms with Crippen molar-refractivity contribution in [2.75, 3.05) is 11.5 Å². The molecule has 3 fully saturated rings. The number of rotatable bonds is 11. The molecule has 0 saturated heterocycles. The Bertz CT molecular complexity index is 1170. The van der Waals surface area contributed by atoms with Crippen LogP contribution in [0.2, 0.25) is 0 Å². The van der Waals surface area contributed by atoms with Gasteiger partial charge in [-0.1, -0.05) is 65.5 Å². The van der Waals surface area contributed by atoms with E-state index in [9.17, 15) is 10.1 Å². The van der Waals surface area contributed by atoms with E-state index >= 15 is 0 Å². The number of carbonyl (C=O) groups is 1. The summed E-state index contributed by atoms with van der Waals surface area (Å²) < 4.78 is 5.47. The minimum Gasteiger partial charge on any atom is -0.424 e. The predicted molar refractivity (Wildman–Crippen MR) is 174 cm³/mol. The van der Waals surface area contributed by atoms with Gasteiger partial charge in [-0.05, 0) is 128 Å². The van der Waals surface area contributed by atoms with E-state index in [-0.39, 0.29) is 29.8 Å². The summed E-state index contributed by atoms with van der Waals surface area (Å²) in [5.41, 5.74) is 14.9. The molecule has 0 bridgehead atoms. The normalized spacial score (nSPS) is 35.0. The van der Waals surface area contributed by atoms with E-state index < -0.39 is 0 Å².